The zero-order valence-corrected chi connectivity index (χ0v) is 15.0. The van der Waals surface area contributed by atoms with Crippen molar-refractivity contribution in [3.05, 3.63) is 59.7 Å². The lowest BCUT2D eigenvalue weighted by Gasteiger charge is -2.34. The third kappa shape index (κ3) is 4.33. The van der Waals surface area contributed by atoms with E-state index >= 15 is 0 Å². The van der Waals surface area contributed by atoms with Crippen molar-refractivity contribution in [3.8, 4) is 11.5 Å². The molecule has 0 radical (unpaired) electrons. The Morgan fingerprint density at radius 2 is 1.68 bits per heavy atom. The van der Waals surface area contributed by atoms with Gasteiger partial charge in [0.05, 0.1) is 20.3 Å². The third-order valence-corrected chi connectivity index (χ3v) is 5.07. The van der Waals surface area contributed by atoms with Crippen molar-refractivity contribution in [1.82, 2.24) is 4.90 Å². The number of nitrogens with zero attached hydrogens (tertiary/aromatic N) is 1. The van der Waals surface area contributed by atoms with Crippen molar-refractivity contribution in [2.24, 2.45) is 5.92 Å². The van der Waals surface area contributed by atoms with Gasteiger partial charge in [-0.15, -0.1) is 0 Å². The molecule has 1 aliphatic rings. The number of piperidine rings is 1. The number of ether oxygens (including phenoxy) is 2. The number of aliphatic hydroxyl groups excluding tert-OH is 1. The molecule has 1 unspecified atom stereocenters. The van der Waals surface area contributed by atoms with E-state index in [0.29, 0.717) is 5.92 Å². The highest BCUT2D eigenvalue weighted by Gasteiger charge is 2.26. The lowest BCUT2D eigenvalue weighted by Crippen LogP contribution is -2.35. The van der Waals surface area contributed by atoms with Gasteiger partial charge in [0.2, 0.25) is 0 Å². The third-order valence-electron chi connectivity index (χ3n) is 5.07. The maximum atomic E-state index is 10.6. The van der Waals surface area contributed by atoms with Crippen LogP contribution in [-0.2, 0) is 6.54 Å². The van der Waals surface area contributed by atoms with Crippen molar-refractivity contribution in [1.29, 1.82) is 0 Å². The minimum Gasteiger partial charge on any atom is -0.493 e. The summed E-state index contributed by atoms with van der Waals surface area (Å²) in [7, 11) is 3.32. The molecule has 2 aromatic carbocycles. The molecule has 0 saturated carbocycles. The van der Waals surface area contributed by atoms with Gasteiger partial charge in [-0.25, -0.2) is 0 Å². The fraction of sp³-hybridized carbons (Fsp3) is 0.429. The normalized spacial score (nSPS) is 17.2. The summed E-state index contributed by atoms with van der Waals surface area (Å²) >= 11 is 0. The van der Waals surface area contributed by atoms with Crippen LogP contribution in [0.1, 0.15) is 30.1 Å². The Balaban J connectivity index is 1.56. The van der Waals surface area contributed by atoms with Crippen molar-refractivity contribution >= 4 is 0 Å². The van der Waals surface area contributed by atoms with Crippen LogP contribution in [0.15, 0.2) is 48.5 Å². The SMILES string of the molecule is COc1ccc(CN2CCC(C(O)c3ccccc3)CC2)cc1OC. The molecule has 1 N–H and O–H groups in total. The number of aliphatic hydroxyl groups is 1. The fourth-order valence-electron chi connectivity index (χ4n) is 3.59. The monoisotopic (exact) mass is 341 g/mol. The molecule has 0 aliphatic carbocycles. The summed E-state index contributed by atoms with van der Waals surface area (Å²) < 4.78 is 10.7. The van der Waals surface area contributed by atoms with Gasteiger partial charge in [0, 0.05) is 6.54 Å². The smallest absolute Gasteiger partial charge is 0.161 e. The van der Waals surface area contributed by atoms with Crippen molar-refractivity contribution < 1.29 is 14.6 Å². The molecule has 4 heteroatoms. The summed E-state index contributed by atoms with van der Waals surface area (Å²) in [6, 6.07) is 16.1. The molecule has 25 heavy (non-hydrogen) atoms. The highest BCUT2D eigenvalue weighted by molar-refractivity contribution is 5.42. The molecule has 0 amide bonds. The number of rotatable bonds is 6. The molecule has 1 saturated heterocycles. The van der Waals surface area contributed by atoms with Gasteiger partial charge in [-0.1, -0.05) is 36.4 Å². The molecular weight excluding hydrogens is 314 g/mol. The van der Waals surface area contributed by atoms with Gasteiger partial charge in [-0.3, -0.25) is 4.90 Å². The van der Waals surface area contributed by atoms with Gasteiger partial charge >= 0.3 is 0 Å². The molecule has 1 atom stereocenters. The van der Waals surface area contributed by atoms with E-state index in [1.807, 2.05) is 42.5 Å². The highest BCUT2D eigenvalue weighted by Crippen LogP contribution is 2.32. The molecule has 1 heterocycles. The first-order valence-corrected chi connectivity index (χ1v) is 8.87. The lowest BCUT2D eigenvalue weighted by atomic mass is 9.87. The van der Waals surface area contributed by atoms with Crippen molar-refractivity contribution in [2.75, 3.05) is 27.3 Å². The first-order valence-electron chi connectivity index (χ1n) is 8.87. The number of methoxy groups -OCH3 is 2. The van der Waals surface area contributed by atoms with E-state index in [-0.39, 0.29) is 6.10 Å². The Morgan fingerprint density at radius 3 is 2.32 bits per heavy atom. The molecule has 0 bridgehead atoms. The maximum absolute atomic E-state index is 10.6. The molecule has 1 aliphatic heterocycles. The molecule has 1 fully saturated rings. The van der Waals surface area contributed by atoms with E-state index in [2.05, 4.69) is 11.0 Å². The second-order valence-corrected chi connectivity index (χ2v) is 6.66. The van der Waals surface area contributed by atoms with Gasteiger partial charge in [-0.05, 0) is 55.1 Å². The Bertz CT molecular complexity index is 666. The van der Waals surface area contributed by atoms with Crippen LogP contribution in [0.2, 0.25) is 0 Å². The summed E-state index contributed by atoms with van der Waals surface area (Å²) in [4.78, 5) is 2.44. The molecule has 4 nitrogen and oxygen atoms in total. The van der Waals surface area contributed by atoms with Crippen LogP contribution in [0, 0.1) is 5.92 Å². The molecule has 2 aromatic rings. The Morgan fingerprint density at radius 1 is 1.00 bits per heavy atom. The fourth-order valence-corrected chi connectivity index (χ4v) is 3.59. The van der Waals surface area contributed by atoms with Crippen molar-refractivity contribution in [2.45, 2.75) is 25.5 Å². The molecule has 3 rings (SSSR count). The molecular formula is C21H27NO3. The van der Waals surface area contributed by atoms with Gasteiger partial charge in [0.25, 0.3) is 0 Å². The van der Waals surface area contributed by atoms with Gasteiger partial charge in [-0.2, -0.15) is 0 Å². The molecule has 134 valence electrons. The van der Waals surface area contributed by atoms with Crippen LogP contribution in [0.3, 0.4) is 0 Å². The summed E-state index contributed by atoms with van der Waals surface area (Å²) in [5.74, 6) is 1.87. The number of hydrogen-bond acceptors (Lipinski definition) is 4. The Hall–Kier alpha value is -2.04. The van der Waals surface area contributed by atoms with Gasteiger partial charge < -0.3 is 14.6 Å². The average Bonchev–Trinajstić information content (AvgIpc) is 2.68. The first kappa shape index (κ1) is 17.8. The van der Waals surface area contributed by atoms with Crippen LogP contribution < -0.4 is 9.47 Å². The van der Waals surface area contributed by atoms with E-state index in [4.69, 9.17) is 9.47 Å². The Labute approximate surface area is 150 Å². The van der Waals surface area contributed by atoms with E-state index in [1.165, 1.54) is 5.56 Å². The zero-order valence-electron chi connectivity index (χ0n) is 15.0. The topological polar surface area (TPSA) is 41.9 Å². The average molecular weight is 341 g/mol. The van der Waals surface area contributed by atoms with Crippen LogP contribution >= 0.6 is 0 Å². The van der Waals surface area contributed by atoms with Crippen LogP contribution in [0.5, 0.6) is 11.5 Å². The minimum atomic E-state index is -0.357. The summed E-state index contributed by atoms with van der Waals surface area (Å²) in [5, 5.41) is 10.6. The van der Waals surface area contributed by atoms with E-state index in [0.717, 1.165) is 49.5 Å². The van der Waals surface area contributed by atoms with Gasteiger partial charge in [0.1, 0.15) is 0 Å². The second kappa shape index (κ2) is 8.37. The lowest BCUT2D eigenvalue weighted by molar-refractivity contribution is 0.0567. The van der Waals surface area contributed by atoms with Crippen LogP contribution in [-0.4, -0.2) is 37.3 Å². The van der Waals surface area contributed by atoms with Gasteiger partial charge in [0.15, 0.2) is 11.5 Å². The maximum Gasteiger partial charge on any atom is 0.161 e. The molecule has 0 aromatic heterocycles. The number of likely N-dealkylation sites (tertiary alicyclic amines) is 1. The van der Waals surface area contributed by atoms with Crippen LogP contribution in [0.25, 0.3) is 0 Å². The first-order chi connectivity index (χ1) is 12.2. The van der Waals surface area contributed by atoms with Crippen molar-refractivity contribution in [3.63, 3.8) is 0 Å². The molecule has 0 spiro atoms. The number of benzene rings is 2. The summed E-state index contributed by atoms with van der Waals surface area (Å²) in [6.45, 7) is 2.90. The minimum absolute atomic E-state index is 0.337. The van der Waals surface area contributed by atoms with Crippen LogP contribution in [0.4, 0.5) is 0 Å². The predicted octanol–water partition coefficient (Wildman–Crippen LogP) is 3.65. The highest BCUT2D eigenvalue weighted by atomic mass is 16.5. The van der Waals surface area contributed by atoms with E-state index in [9.17, 15) is 5.11 Å². The quantitative estimate of drug-likeness (QED) is 0.871. The standard InChI is InChI=1S/C21H27NO3/c1-24-19-9-8-16(14-20(19)25-2)15-22-12-10-18(11-13-22)21(23)17-6-4-3-5-7-17/h3-9,14,18,21,23H,10-13,15H2,1-2H3. The summed E-state index contributed by atoms with van der Waals surface area (Å²) in [6.07, 6.45) is 1.68. The zero-order chi connectivity index (χ0) is 17.6. The second-order valence-electron chi connectivity index (χ2n) is 6.66. The predicted molar refractivity (Wildman–Crippen MR) is 98.9 cm³/mol. The number of hydrogen-bond donors (Lipinski definition) is 1. The Kier molecular flexibility index (Phi) is 5.95. The van der Waals surface area contributed by atoms with E-state index in [1.54, 1.807) is 14.2 Å². The van der Waals surface area contributed by atoms with E-state index < -0.39 is 0 Å². The summed E-state index contributed by atoms with van der Waals surface area (Å²) in [5.41, 5.74) is 2.25. The largest absolute Gasteiger partial charge is 0.493 e.